The van der Waals surface area contributed by atoms with Gasteiger partial charge in [-0.3, -0.25) is 0 Å². The molecular weight excluding hydrogens is 152 g/mol. The highest BCUT2D eigenvalue weighted by molar-refractivity contribution is 6.74. The van der Waals surface area contributed by atoms with Gasteiger partial charge in [-0.05, 0) is 17.6 Å². The van der Waals surface area contributed by atoms with Crippen molar-refractivity contribution in [1.29, 1.82) is 0 Å². The maximum absolute atomic E-state index is 10.3. The van der Waals surface area contributed by atoms with E-state index < -0.39 is 8.32 Å². The van der Waals surface area contributed by atoms with Crippen molar-refractivity contribution >= 4 is 8.32 Å². The SMILES string of the molecule is CCC[Si](O)(CCC)C1CC1. The van der Waals surface area contributed by atoms with Crippen molar-refractivity contribution in [2.75, 3.05) is 0 Å². The highest BCUT2D eigenvalue weighted by Gasteiger charge is 2.44. The summed E-state index contributed by atoms with van der Waals surface area (Å²) < 4.78 is 0. The summed E-state index contributed by atoms with van der Waals surface area (Å²) in [6.45, 7) is 4.38. The number of hydrogen-bond acceptors (Lipinski definition) is 1. The standard InChI is InChI=1S/C9H20OSi/c1-3-7-11(10,8-4-2)9-5-6-9/h9-10H,3-8H2,1-2H3. The Morgan fingerprint density at radius 1 is 1.18 bits per heavy atom. The van der Waals surface area contributed by atoms with Gasteiger partial charge in [-0.1, -0.05) is 39.5 Å². The molecule has 0 radical (unpaired) electrons. The normalized spacial score (nSPS) is 18.8. The van der Waals surface area contributed by atoms with Crippen molar-refractivity contribution in [2.45, 2.75) is 57.2 Å². The Labute approximate surface area is 71.0 Å². The number of hydrogen-bond donors (Lipinski definition) is 1. The van der Waals surface area contributed by atoms with Crippen LogP contribution in [0.4, 0.5) is 0 Å². The summed E-state index contributed by atoms with van der Waals surface area (Å²) >= 11 is 0. The molecule has 1 nitrogen and oxygen atoms in total. The van der Waals surface area contributed by atoms with Crippen LogP contribution in [0.1, 0.15) is 39.5 Å². The summed E-state index contributed by atoms with van der Waals surface area (Å²) in [6, 6.07) is 2.29. The third kappa shape index (κ3) is 2.31. The first-order valence-corrected chi connectivity index (χ1v) is 7.39. The molecule has 1 fully saturated rings. The van der Waals surface area contributed by atoms with Crippen LogP contribution in [0.2, 0.25) is 17.6 Å². The van der Waals surface area contributed by atoms with Gasteiger partial charge >= 0.3 is 0 Å². The molecule has 0 saturated heterocycles. The molecule has 66 valence electrons. The second kappa shape index (κ2) is 3.72. The van der Waals surface area contributed by atoms with Gasteiger partial charge in [0.05, 0.1) is 0 Å². The zero-order valence-corrected chi connectivity index (χ0v) is 8.77. The molecule has 0 amide bonds. The lowest BCUT2D eigenvalue weighted by molar-refractivity contribution is 0.516. The summed E-state index contributed by atoms with van der Waals surface area (Å²) in [7, 11) is -1.72. The Balaban J connectivity index is 2.39. The van der Waals surface area contributed by atoms with Gasteiger partial charge in [0, 0.05) is 0 Å². The van der Waals surface area contributed by atoms with Crippen molar-refractivity contribution in [3.8, 4) is 0 Å². The first kappa shape index (κ1) is 9.27. The van der Waals surface area contributed by atoms with E-state index in [0.717, 1.165) is 17.6 Å². The Morgan fingerprint density at radius 2 is 1.64 bits per heavy atom. The van der Waals surface area contributed by atoms with Crippen LogP contribution in [0.25, 0.3) is 0 Å². The minimum Gasteiger partial charge on any atom is -0.431 e. The van der Waals surface area contributed by atoms with Gasteiger partial charge in [0.1, 0.15) is 0 Å². The Bertz CT molecular complexity index is 115. The zero-order chi connectivity index (χ0) is 8.32. The zero-order valence-electron chi connectivity index (χ0n) is 7.77. The summed E-state index contributed by atoms with van der Waals surface area (Å²) in [6.07, 6.45) is 5.00. The lowest BCUT2D eigenvalue weighted by atomic mass is 10.6. The van der Waals surface area contributed by atoms with Crippen molar-refractivity contribution in [3.63, 3.8) is 0 Å². The molecule has 0 heterocycles. The van der Waals surface area contributed by atoms with Gasteiger partial charge in [0.2, 0.25) is 0 Å². The maximum Gasteiger partial charge on any atom is 0.191 e. The van der Waals surface area contributed by atoms with Crippen LogP contribution in [-0.4, -0.2) is 13.1 Å². The smallest absolute Gasteiger partial charge is 0.191 e. The van der Waals surface area contributed by atoms with Crippen LogP contribution in [-0.2, 0) is 0 Å². The van der Waals surface area contributed by atoms with Crippen molar-refractivity contribution < 1.29 is 4.80 Å². The quantitative estimate of drug-likeness (QED) is 0.632. The largest absolute Gasteiger partial charge is 0.431 e. The molecule has 0 aliphatic heterocycles. The molecule has 1 aliphatic carbocycles. The minimum atomic E-state index is -1.72. The Morgan fingerprint density at radius 3 is 1.91 bits per heavy atom. The molecule has 0 unspecified atom stereocenters. The second-order valence-corrected chi connectivity index (χ2v) is 7.90. The lowest BCUT2D eigenvalue weighted by Crippen LogP contribution is -2.34. The van der Waals surface area contributed by atoms with Gasteiger partial charge in [-0.15, -0.1) is 0 Å². The van der Waals surface area contributed by atoms with Gasteiger partial charge < -0.3 is 4.80 Å². The summed E-state index contributed by atoms with van der Waals surface area (Å²) in [4.78, 5) is 10.3. The Hall–Kier alpha value is 0.177. The summed E-state index contributed by atoms with van der Waals surface area (Å²) in [5.41, 5.74) is 0.780. The van der Waals surface area contributed by atoms with E-state index in [2.05, 4.69) is 13.8 Å². The molecule has 0 atom stereocenters. The molecule has 1 rings (SSSR count). The van der Waals surface area contributed by atoms with Crippen LogP contribution in [0.5, 0.6) is 0 Å². The average molecular weight is 172 g/mol. The predicted octanol–water partition coefficient (Wildman–Crippen LogP) is 2.91. The molecule has 1 N–H and O–H groups in total. The minimum absolute atomic E-state index is 0.780. The Kier molecular flexibility index (Phi) is 3.13. The third-order valence-corrected chi connectivity index (χ3v) is 7.53. The van der Waals surface area contributed by atoms with Crippen LogP contribution >= 0.6 is 0 Å². The van der Waals surface area contributed by atoms with E-state index in [1.165, 1.54) is 25.7 Å². The van der Waals surface area contributed by atoms with E-state index in [9.17, 15) is 4.80 Å². The van der Waals surface area contributed by atoms with Gasteiger partial charge in [-0.2, -0.15) is 0 Å². The molecule has 0 aromatic rings. The van der Waals surface area contributed by atoms with E-state index in [-0.39, 0.29) is 0 Å². The van der Waals surface area contributed by atoms with E-state index in [4.69, 9.17) is 0 Å². The van der Waals surface area contributed by atoms with Gasteiger partial charge in [-0.25, -0.2) is 0 Å². The summed E-state index contributed by atoms with van der Waals surface area (Å²) in [5, 5.41) is 0. The fourth-order valence-corrected chi connectivity index (χ4v) is 6.06. The van der Waals surface area contributed by atoms with Crippen molar-refractivity contribution in [3.05, 3.63) is 0 Å². The van der Waals surface area contributed by atoms with E-state index in [1.54, 1.807) is 0 Å². The predicted molar refractivity (Wildman–Crippen MR) is 51.2 cm³/mol. The topological polar surface area (TPSA) is 20.2 Å². The molecule has 2 heteroatoms. The molecule has 1 aliphatic rings. The average Bonchev–Trinajstić information content (AvgIpc) is 2.68. The van der Waals surface area contributed by atoms with Crippen LogP contribution in [0, 0.1) is 0 Å². The van der Waals surface area contributed by atoms with E-state index >= 15 is 0 Å². The summed E-state index contributed by atoms with van der Waals surface area (Å²) in [5.74, 6) is 0. The fraction of sp³-hybridized carbons (Fsp3) is 1.00. The number of rotatable bonds is 5. The van der Waals surface area contributed by atoms with Crippen LogP contribution in [0.3, 0.4) is 0 Å². The van der Waals surface area contributed by atoms with Crippen molar-refractivity contribution in [1.82, 2.24) is 0 Å². The fourth-order valence-electron chi connectivity index (χ4n) is 2.02. The molecule has 0 spiro atoms. The third-order valence-electron chi connectivity index (χ3n) is 2.70. The first-order valence-electron chi connectivity index (χ1n) is 4.95. The van der Waals surface area contributed by atoms with Crippen LogP contribution in [0.15, 0.2) is 0 Å². The van der Waals surface area contributed by atoms with Crippen LogP contribution < -0.4 is 0 Å². The highest BCUT2D eigenvalue weighted by atomic mass is 28.4. The monoisotopic (exact) mass is 172 g/mol. The molecule has 1 saturated carbocycles. The van der Waals surface area contributed by atoms with Gasteiger partial charge in [0.15, 0.2) is 8.32 Å². The van der Waals surface area contributed by atoms with E-state index in [0.29, 0.717) is 0 Å². The second-order valence-electron chi connectivity index (χ2n) is 3.88. The first-order chi connectivity index (χ1) is 5.23. The van der Waals surface area contributed by atoms with Gasteiger partial charge in [0.25, 0.3) is 0 Å². The molecular formula is C9H20OSi. The highest BCUT2D eigenvalue weighted by Crippen LogP contribution is 2.48. The van der Waals surface area contributed by atoms with E-state index in [1.807, 2.05) is 0 Å². The molecule has 0 aromatic heterocycles. The molecule has 11 heavy (non-hydrogen) atoms. The maximum atomic E-state index is 10.3. The molecule has 0 aromatic carbocycles. The van der Waals surface area contributed by atoms with Crippen molar-refractivity contribution in [2.24, 2.45) is 0 Å². The molecule has 0 bridgehead atoms. The lowest BCUT2D eigenvalue weighted by Gasteiger charge is -2.23.